The third-order valence-electron chi connectivity index (χ3n) is 7.47. The molecule has 0 saturated heterocycles. The lowest BCUT2D eigenvalue weighted by Crippen LogP contribution is -2.27. The molecule has 2 aliphatic heterocycles. The van der Waals surface area contributed by atoms with Gasteiger partial charge in [-0.3, -0.25) is 0 Å². The fourth-order valence-electron chi connectivity index (χ4n) is 5.66. The molecule has 5 aromatic carbocycles. The molecule has 0 saturated carbocycles. The summed E-state index contributed by atoms with van der Waals surface area (Å²) in [5.41, 5.74) is 10.0. The summed E-state index contributed by atoms with van der Waals surface area (Å²) in [6.45, 7) is 0. The van der Waals surface area contributed by atoms with Gasteiger partial charge in [-0.05, 0) is 29.8 Å². The van der Waals surface area contributed by atoms with Gasteiger partial charge in [0.1, 0.15) is 6.17 Å². The van der Waals surface area contributed by atoms with E-state index >= 15 is 0 Å². The van der Waals surface area contributed by atoms with Gasteiger partial charge >= 0.3 is 0 Å². The largest absolute Gasteiger partial charge is 0.359 e. The molecule has 5 nitrogen and oxygen atoms in total. The van der Waals surface area contributed by atoms with Crippen LogP contribution in [0.4, 0.5) is 17.1 Å². The van der Waals surface area contributed by atoms with Crippen molar-refractivity contribution in [3.8, 4) is 45.3 Å². The van der Waals surface area contributed by atoms with E-state index in [1.807, 2.05) is 60.7 Å². The number of anilines is 3. The Bertz CT molecular complexity index is 1790. The normalized spacial score (nSPS) is 14.6. The summed E-state index contributed by atoms with van der Waals surface area (Å²) in [6, 6.07) is 43.9. The molecule has 8 rings (SSSR count). The molecule has 5 heteroatoms. The molecule has 6 aromatic rings. The highest BCUT2D eigenvalue weighted by atomic mass is 15.3. The van der Waals surface area contributed by atoms with Crippen LogP contribution in [0.2, 0.25) is 0 Å². The first-order chi connectivity index (χ1) is 19.3. The number of aromatic nitrogens is 3. The van der Waals surface area contributed by atoms with E-state index in [0.29, 0.717) is 17.5 Å². The minimum atomic E-state index is 0.0273. The van der Waals surface area contributed by atoms with Gasteiger partial charge in [0.25, 0.3) is 0 Å². The molecule has 1 N–H and O–H groups in total. The van der Waals surface area contributed by atoms with Crippen LogP contribution in [0.3, 0.4) is 0 Å². The van der Waals surface area contributed by atoms with Crippen LogP contribution in [-0.2, 0) is 0 Å². The second-order valence-electron chi connectivity index (χ2n) is 9.79. The molecule has 0 radical (unpaired) electrons. The molecule has 184 valence electrons. The van der Waals surface area contributed by atoms with Crippen molar-refractivity contribution in [3.05, 3.63) is 133 Å². The van der Waals surface area contributed by atoms with Gasteiger partial charge < -0.3 is 10.2 Å². The SMILES string of the molecule is c1ccc(-c2nc(-c3ccccc3)nc(-c3ccc4c(c3)-c3ccccc3N3c5ccccc5NC43)n2)cc1. The molecule has 3 heterocycles. The first kappa shape index (κ1) is 21.8. The molecule has 0 amide bonds. The highest BCUT2D eigenvalue weighted by Crippen LogP contribution is 2.54. The highest BCUT2D eigenvalue weighted by Gasteiger charge is 2.37. The number of nitrogens with zero attached hydrogens (tertiary/aromatic N) is 4. The first-order valence-electron chi connectivity index (χ1n) is 13.1. The Kier molecular flexibility index (Phi) is 4.82. The van der Waals surface area contributed by atoms with Gasteiger partial charge in [-0.25, -0.2) is 15.0 Å². The van der Waals surface area contributed by atoms with Crippen LogP contribution < -0.4 is 10.2 Å². The topological polar surface area (TPSA) is 53.9 Å². The summed E-state index contributed by atoms with van der Waals surface area (Å²) in [5.74, 6) is 1.99. The first-order valence-corrected chi connectivity index (χ1v) is 13.1. The van der Waals surface area contributed by atoms with Crippen molar-refractivity contribution >= 4 is 17.1 Å². The predicted molar refractivity (Wildman–Crippen MR) is 157 cm³/mol. The number of nitrogens with one attached hydrogen (secondary N) is 1. The average Bonchev–Trinajstić information content (AvgIpc) is 3.42. The van der Waals surface area contributed by atoms with E-state index in [1.54, 1.807) is 0 Å². The third-order valence-corrected chi connectivity index (χ3v) is 7.47. The second-order valence-corrected chi connectivity index (χ2v) is 9.79. The van der Waals surface area contributed by atoms with Gasteiger partial charge in [-0.2, -0.15) is 0 Å². The van der Waals surface area contributed by atoms with E-state index in [9.17, 15) is 0 Å². The Hall–Kier alpha value is -5.29. The van der Waals surface area contributed by atoms with E-state index in [2.05, 4.69) is 76.9 Å². The van der Waals surface area contributed by atoms with Crippen LogP contribution in [0.15, 0.2) is 127 Å². The Morgan fingerprint density at radius 3 is 1.74 bits per heavy atom. The Morgan fingerprint density at radius 1 is 0.487 bits per heavy atom. The van der Waals surface area contributed by atoms with E-state index < -0.39 is 0 Å². The van der Waals surface area contributed by atoms with Crippen molar-refractivity contribution in [3.63, 3.8) is 0 Å². The van der Waals surface area contributed by atoms with Gasteiger partial charge in [-0.1, -0.05) is 103 Å². The average molecular weight is 502 g/mol. The summed E-state index contributed by atoms with van der Waals surface area (Å²) < 4.78 is 0. The molecule has 1 atom stereocenters. The fraction of sp³-hybridized carbons (Fsp3) is 0.0294. The van der Waals surface area contributed by atoms with Gasteiger partial charge in [0.15, 0.2) is 17.5 Å². The van der Waals surface area contributed by atoms with Gasteiger partial charge in [0.2, 0.25) is 0 Å². The summed E-state index contributed by atoms with van der Waals surface area (Å²) in [6.07, 6.45) is 0.0273. The number of hydrogen-bond acceptors (Lipinski definition) is 5. The van der Waals surface area contributed by atoms with Crippen molar-refractivity contribution in [1.82, 2.24) is 15.0 Å². The molecule has 1 unspecified atom stereocenters. The number of fused-ring (bicyclic) bond motifs is 8. The number of para-hydroxylation sites is 3. The molecule has 2 aliphatic rings. The van der Waals surface area contributed by atoms with Crippen LogP contribution >= 0.6 is 0 Å². The summed E-state index contributed by atoms with van der Waals surface area (Å²) in [7, 11) is 0. The smallest absolute Gasteiger partial charge is 0.164 e. The molecule has 0 spiro atoms. The number of rotatable bonds is 3. The zero-order valence-corrected chi connectivity index (χ0v) is 21.0. The van der Waals surface area contributed by atoms with E-state index in [1.165, 1.54) is 28.1 Å². The second kappa shape index (κ2) is 8.64. The van der Waals surface area contributed by atoms with Crippen LogP contribution in [0.25, 0.3) is 45.3 Å². The van der Waals surface area contributed by atoms with Crippen molar-refractivity contribution < 1.29 is 0 Å². The standard InChI is InChI=1S/C34H23N5/c1-3-11-22(12-4-1)31-36-32(23-13-5-2-6-14-23)38-33(37-31)24-19-20-26-27(21-24)25-15-7-9-17-29(25)39-30-18-10-8-16-28(30)35-34(26)39/h1-21,34-35H. The Labute approximate surface area is 226 Å². The maximum Gasteiger partial charge on any atom is 0.164 e. The third kappa shape index (κ3) is 3.51. The molecular formula is C34H23N5. The summed E-state index contributed by atoms with van der Waals surface area (Å²) >= 11 is 0. The number of hydrogen-bond donors (Lipinski definition) is 1. The number of benzene rings is 5. The van der Waals surface area contributed by atoms with Gasteiger partial charge in [-0.15, -0.1) is 0 Å². The lowest BCUT2D eigenvalue weighted by molar-refractivity contribution is 0.819. The van der Waals surface area contributed by atoms with Crippen LogP contribution in [-0.4, -0.2) is 15.0 Å². The van der Waals surface area contributed by atoms with Crippen LogP contribution in [0.5, 0.6) is 0 Å². The molecule has 1 aromatic heterocycles. The van der Waals surface area contributed by atoms with Gasteiger partial charge in [0, 0.05) is 27.8 Å². The zero-order valence-electron chi connectivity index (χ0n) is 21.0. The summed E-state index contributed by atoms with van der Waals surface area (Å²) in [5, 5.41) is 3.74. The fourth-order valence-corrected chi connectivity index (χ4v) is 5.66. The van der Waals surface area contributed by atoms with E-state index in [-0.39, 0.29) is 6.17 Å². The maximum atomic E-state index is 4.95. The van der Waals surface area contributed by atoms with Gasteiger partial charge in [0.05, 0.1) is 17.1 Å². The highest BCUT2D eigenvalue weighted by molar-refractivity contribution is 5.95. The summed E-state index contributed by atoms with van der Waals surface area (Å²) in [4.78, 5) is 17.2. The quantitative estimate of drug-likeness (QED) is 0.265. The molecule has 0 aliphatic carbocycles. The van der Waals surface area contributed by atoms with Crippen molar-refractivity contribution in [2.45, 2.75) is 6.17 Å². The maximum absolute atomic E-state index is 4.95. The van der Waals surface area contributed by atoms with Crippen LogP contribution in [0, 0.1) is 0 Å². The minimum Gasteiger partial charge on any atom is -0.359 e. The predicted octanol–water partition coefficient (Wildman–Crippen LogP) is 8.12. The zero-order chi connectivity index (χ0) is 25.8. The van der Waals surface area contributed by atoms with Crippen molar-refractivity contribution in [2.24, 2.45) is 0 Å². The Balaban J connectivity index is 1.31. The lowest BCUT2D eigenvalue weighted by Gasteiger charge is -2.35. The minimum absolute atomic E-state index is 0.0273. The Morgan fingerprint density at radius 2 is 1.05 bits per heavy atom. The molecule has 0 bridgehead atoms. The molecular weight excluding hydrogens is 478 g/mol. The molecule has 39 heavy (non-hydrogen) atoms. The monoisotopic (exact) mass is 501 g/mol. The van der Waals surface area contributed by atoms with E-state index in [4.69, 9.17) is 15.0 Å². The van der Waals surface area contributed by atoms with Crippen molar-refractivity contribution in [1.29, 1.82) is 0 Å². The van der Waals surface area contributed by atoms with E-state index in [0.717, 1.165) is 22.4 Å². The van der Waals surface area contributed by atoms with Crippen LogP contribution in [0.1, 0.15) is 11.7 Å². The van der Waals surface area contributed by atoms with Crippen molar-refractivity contribution in [2.75, 3.05) is 10.2 Å². The molecule has 0 fully saturated rings. The lowest BCUT2D eigenvalue weighted by atomic mass is 9.90.